The van der Waals surface area contributed by atoms with Crippen LogP contribution in [0.1, 0.15) is 31.4 Å². The fraction of sp³-hybridized carbons (Fsp3) is 0.625. The third-order valence-corrected chi connectivity index (χ3v) is 4.97. The van der Waals surface area contributed by atoms with Gasteiger partial charge in [0.15, 0.2) is 0 Å². The maximum absolute atomic E-state index is 5.95. The Balaban J connectivity index is 1.98. The second-order valence-corrected chi connectivity index (χ2v) is 6.98. The number of halogens is 1. The van der Waals surface area contributed by atoms with E-state index < -0.39 is 0 Å². The molecule has 0 aliphatic carbocycles. The number of piperidine rings is 1. The molecule has 0 saturated carbocycles. The molecule has 0 aromatic heterocycles. The lowest BCUT2D eigenvalue weighted by molar-refractivity contribution is 0.222. The number of likely N-dealkylation sites (tertiary alicyclic amines) is 1. The molecule has 0 unspecified atom stereocenters. The van der Waals surface area contributed by atoms with Crippen LogP contribution < -0.4 is 10.6 Å². The van der Waals surface area contributed by atoms with Crippen LogP contribution in [0.3, 0.4) is 0 Å². The predicted octanol–water partition coefficient (Wildman–Crippen LogP) is 3.25. The highest BCUT2D eigenvalue weighted by Crippen LogP contribution is 2.28. The van der Waals surface area contributed by atoms with Crippen LogP contribution in [0, 0.1) is 5.92 Å². The van der Waals surface area contributed by atoms with E-state index in [1.165, 1.54) is 37.2 Å². The van der Waals surface area contributed by atoms with E-state index in [0.29, 0.717) is 0 Å². The smallest absolute Gasteiger partial charge is 0.0375 e. The van der Waals surface area contributed by atoms with Crippen LogP contribution in [0.5, 0.6) is 0 Å². The Labute approximate surface area is 131 Å². The van der Waals surface area contributed by atoms with Gasteiger partial charge in [-0.3, -0.25) is 0 Å². The van der Waals surface area contributed by atoms with Crippen molar-refractivity contribution < 1.29 is 0 Å². The highest BCUT2D eigenvalue weighted by molar-refractivity contribution is 9.10. The maximum atomic E-state index is 5.95. The summed E-state index contributed by atoms with van der Waals surface area (Å²) in [6.45, 7) is 5.61. The van der Waals surface area contributed by atoms with Crippen molar-refractivity contribution in [2.45, 2.75) is 25.8 Å². The number of rotatable bonds is 4. The number of nitrogens with two attached hydrogens (primary N) is 1. The highest BCUT2D eigenvalue weighted by Gasteiger charge is 2.18. The van der Waals surface area contributed by atoms with Gasteiger partial charge in [-0.1, -0.05) is 22.0 Å². The van der Waals surface area contributed by atoms with E-state index in [2.05, 4.69) is 58.0 Å². The van der Waals surface area contributed by atoms with Gasteiger partial charge in [-0.05, 0) is 63.5 Å². The molecule has 1 heterocycles. The molecule has 1 aliphatic rings. The molecule has 1 atom stereocenters. The van der Waals surface area contributed by atoms with Crippen LogP contribution in [0.15, 0.2) is 22.7 Å². The Morgan fingerprint density at radius 2 is 2.05 bits per heavy atom. The largest absolute Gasteiger partial charge is 0.374 e. The van der Waals surface area contributed by atoms with Gasteiger partial charge >= 0.3 is 0 Å². The Bertz CT molecular complexity index is 439. The fourth-order valence-corrected chi connectivity index (χ4v) is 3.59. The first-order valence-electron chi connectivity index (χ1n) is 7.42. The number of anilines is 1. The van der Waals surface area contributed by atoms with Gasteiger partial charge in [-0.15, -0.1) is 0 Å². The minimum Gasteiger partial charge on any atom is -0.374 e. The average Bonchev–Trinajstić information content (AvgIpc) is 2.40. The summed E-state index contributed by atoms with van der Waals surface area (Å²) >= 11 is 3.64. The van der Waals surface area contributed by atoms with E-state index in [4.69, 9.17) is 5.73 Å². The number of nitrogens with zero attached hydrogens (tertiary/aromatic N) is 2. The third kappa shape index (κ3) is 3.96. The monoisotopic (exact) mass is 339 g/mol. The summed E-state index contributed by atoms with van der Waals surface area (Å²) in [6.07, 6.45) is 2.61. The van der Waals surface area contributed by atoms with Crippen LogP contribution in [0.4, 0.5) is 5.69 Å². The molecule has 1 fully saturated rings. The van der Waals surface area contributed by atoms with E-state index in [-0.39, 0.29) is 6.04 Å². The number of hydrogen-bond donors (Lipinski definition) is 1. The van der Waals surface area contributed by atoms with Gasteiger partial charge < -0.3 is 15.5 Å². The second-order valence-electron chi connectivity index (χ2n) is 6.12. The summed E-state index contributed by atoms with van der Waals surface area (Å²) in [4.78, 5) is 4.79. The zero-order valence-electron chi connectivity index (χ0n) is 12.8. The molecule has 0 spiro atoms. The Morgan fingerprint density at radius 3 is 2.60 bits per heavy atom. The van der Waals surface area contributed by atoms with E-state index in [1.54, 1.807) is 0 Å². The van der Waals surface area contributed by atoms with Crippen molar-refractivity contribution in [2.24, 2.45) is 11.7 Å². The molecule has 2 rings (SSSR count). The first kappa shape index (κ1) is 15.8. The lowest BCUT2D eigenvalue weighted by Gasteiger charge is -2.32. The molecule has 0 bridgehead atoms. The van der Waals surface area contributed by atoms with E-state index >= 15 is 0 Å². The minimum absolute atomic E-state index is 0.0672. The van der Waals surface area contributed by atoms with Gasteiger partial charge in [0.25, 0.3) is 0 Å². The van der Waals surface area contributed by atoms with Crippen molar-refractivity contribution >= 4 is 21.6 Å². The van der Waals surface area contributed by atoms with Crippen LogP contribution in [-0.4, -0.2) is 38.6 Å². The molecule has 1 aliphatic heterocycles. The number of benzene rings is 1. The topological polar surface area (TPSA) is 32.5 Å². The first-order chi connectivity index (χ1) is 9.47. The highest BCUT2D eigenvalue weighted by atomic mass is 79.9. The molecule has 1 saturated heterocycles. The maximum Gasteiger partial charge on any atom is 0.0375 e. The molecule has 4 heteroatoms. The summed E-state index contributed by atoms with van der Waals surface area (Å²) in [6, 6.07) is 6.57. The summed E-state index contributed by atoms with van der Waals surface area (Å²) in [5.41, 5.74) is 8.39. The fourth-order valence-electron chi connectivity index (χ4n) is 2.86. The van der Waals surface area contributed by atoms with Crippen molar-refractivity contribution in [1.29, 1.82) is 0 Å². The Hall–Kier alpha value is -0.580. The van der Waals surface area contributed by atoms with Crippen molar-refractivity contribution in [2.75, 3.05) is 38.6 Å². The normalized spacial score (nSPS) is 19.1. The van der Waals surface area contributed by atoms with Gasteiger partial charge in [0, 0.05) is 29.8 Å². The Kier molecular flexibility index (Phi) is 5.47. The van der Waals surface area contributed by atoms with Crippen molar-refractivity contribution in [1.82, 2.24) is 4.90 Å². The van der Waals surface area contributed by atoms with Gasteiger partial charge in [0.2, 0.25) is 0 Å². The molecule has 2 N–H and O–H groups in total. The van der Waals surface area contributed by atoms with E-state index in [0.717, 1.165) is 16.9 Å². The molecule has 1 aromatic carbocycles. The van der Waals surface area contributed by atoms with E-state index in [1.807, 2.05) is 6.92 Å². The van der Waals surface area contributed by atoms with Crippen LogP contribution in [0.25, 0.3) is 0 Å². The van der Waals surface area contributed by atoms with Crippen LogP contribution >= 0.6 is 15.9 Å². The van der Waals surface area contributed by atoms with Crippen molar-refractivity contribution in [3.63, 3.8) is 0 Å². The molecule has 1 aromatic rings. The molecular weight excluding hydrogens is 314 g/mol. The summed E-state index contributed by atoms with van der Waals surface area (Å²) < 4.78 is 1.11. The average molecular weight is 340 g/mol. The molecule has 112 valence electrons. The second kappa shape index (κ2) is 6.92. The van der Waals surface area contributed by atoms with Crippen molar-refractivity contribution in [3.8, 4) is 0 Å². The minimum atomic E-state index is 0.0672. The van der Waals surface area contributed by atoms with Gasteiger partial charge in [-0.25, -0.2) is 0 Å². The van der Waals surface area contributed by atoms with Crippen LogP contribution in [-0.2, 0) is 0 Å². The standard InChI is InChI=1S/C16H26BrN3/c1-12(18)15-5-4-14(10-16(15)17)20(3)11-13-6-8-19(2)9-7-13/h4-5,10,12-13H,6-9,11,18H2,1-3H3/t12-/m0/s1. The quantitative estimate of drug-likeness (QED) is 0.913. The lowest BCUT2D eigenvalue weighted by Crippen LogP contribution is -2.35. The molecular formula is C16H26BrN3. The number of hydrogen-bond acceptors (Lipinski definition) is 3. The summed E-state index contributed by atoms with van der Waals surface area (Å²) in [5, 5.41) is 0. The molecule has 0 amide bonds. The van der Waals surface area contributed by atoms with Gasteiger partial charge in [0.05, 0.1) is 0 Å². The molecule has 3 nitrogen and oxygen atoms in total. The molecule has 0 radical (unpaired) electrons. The zero-order valence-corrected chi connectivity index (χ0v) is 14.4. The Morgan fingerprint density at radius 1 is 1.40 bits per heavy atom. The van der Waals surface area contributed by atoms with E-state index in [9.17, 15) is 0 Å². The third-order valence-electron chi connectivity index (χ3n) is 4.29. The van der Waals surface area contributed by atoms with Gasteiger partial charge in [-0.2, -0.15) is 0 Å². The van der Waals surface area contributed by atoms with Crippen molar-refractivity contribution in [3.05, 3.63) is 28.2 Å². The molecule has 20 heavy (non-hydrogen) atoms. The van der Waals surface area contributed by atoms with Gasteiger partial charge in [0.1, 0.15) is 0 Å². The predicted molar refractivity (Wildman–Crippen MR) is 90.2 cm³/mol. The summed E-state index contributed by atoms with van der Waals surface area (Å²) in [7, 11) is 4.40. The summed E-state index contributed by atoms with van der Waals surface area (Å²) in [5.74, 6) is 0.808. The first-order valence-corrected chi connectivity index (χ1v) is 8.21. The zero-order chi connectivity index (χ0) is 14.7. The SMILES string of the molecule is C[C@H](N)c1ccc(N(C)CC2CCN(C)CC2)cc1Br. The van der Waals surface area contributed by atoms with Crippen LogP contribution in [0.2, 0.25) is 0 Å². The lowest BCUT2D eigenvalue weighted by atomic mass is 9.96.